The summed E-state index contributed by atoms with van der Waals surface area (Å²) in [5, 5.41) is 0. The Hall–Kier alpha value is -0.710. The first-order chi connectivity index (χ1) is 10.2. The number of nitrogens with two attached hydrogens (primary N) is 1. The normalized spacial score (nSPS) is 16.2. The smallest absolute Gasteiger partial charge is 0.320 e. The Morgan fingerprint density at radius 2 is 1.35 bits per heavy atom. The Kier molecular flexibility index (Phi) is 6.22. The van der Waals surface area contributed by atoms with Crippen molar-refractivity contribution >= 4 is 7.82 Å². The average molecular weight is 343 g/mol. The van der Waals surface area contributed by atoms with E-state index in [4.69, 9.17) is 19.3 Å². The van der Waals surface area contributed by atoms with Gasteiger partial charge in [0.2, 0.25) is 0 Å². The van der Waals surface area contributed by atoms with E-state index in [-0.39, 0.29) is 6.61 Å². The molecule has 0 saturated heterocycles. The largest absolute Gasteiger partial charge is 0.475 e. The summed E-state index contributed by atoms with van der Waals surface area (Å²) in [6, 6.07) is 9.53. The van der Waals surface area contributed by atoms with Gasteiger partial charge in [-0.3, -0.25) is 13.6 Å². The zero-order valence-electron chi connectivity index (χ0n) is 15.3. The summed E-state index contributed by atoms with van der Waals surface area (Å²) >= 11 is 0. The van der Waals surface area contributed by atoms with Gasteiger partial charge in [-0.1, -0.05) is 30.3 Å². The fourth-order valence-electron chi connectivity index (χ4n) is 1.86. The molecule has 0 amide bonds. The first-order valence-corrected chi connectivity index (χ1v) is 9.19. The maximum Gasteiger partial charge on any atom is 0.475 e. The van der Waals surface area contributed by atoms with Gasteiger partial charge in [-0.25, -0.2) is 4.57 Å². The summed E-state index contributed by atoms with van der Waals surface area (Å²) in [7, 11) is -3.76. The van der Waals surface area contributed by atoms with E-state index in [9.17, 15) is 4.57 Å². The molecule has 1 aromatic rings. The van der Waals surface area contributed by atoms with Crippen molar-refractivity contribution in [1.82, 2.24) is 0 Å². The number of benzene rings is 1. The van der Waals surface area contributed by atoms with Crippen LogP contribution in [-0.2, 0) is 23.7 Å². The molecule has 0 radical (unpaired) electrons. The van der Waals surface area contributed by atoms with Gasteiger partial charge >= 0.3 is 7.82 Å². The molecule has 23 heavy (non-hydrogen) atoms. The molecule has 0 heterocycles. The Morgan fingerprint density at radius 1 is 0.913 bits per heavy atom. The highest BCUT2D eigenvalue weighted by molar-refractivity contribution is 7.48. The lowest BCUT2D eigenvalue weighted by atomic mass is 9.95. The van der Waals surface area contributed by atoms with Gasteiger partial charge in [-0.2, -0.15) is 0 Å². The minimum atomic E-state index is -3.76. The second kappa shape index (κ2) is 7.04. The third-order valence-corrected chi connectivity index (χ3v) is 4.72. The number of hydrogen-bond acceptors (Lipinski definition) is 5. The van der Waals surface area contributed by atoms with Crippen LogP contribution in [0.4, 0.5) is 0 Å². The predicted octanol–water partition coefficient (Wildman–Crippen LogP) is 4.62. The van der Waals surface area contributed by atoms with Crippen LogP contribution in [0.3, 0.4) is 0 Å². The molecule has 132 valence electrons. The fraction of sp³-hybridized carbons (Fsp3) is 0.647. The van der Waals surface area contributed by atoms with E-state index >= 15 is 0 Å². The number of phosphoric ester groups is 1. The summed E-state index contributed by atoms with van der Waals surface area (Å²) < 4.78 is 29.8. The molecule has 0 aliphatic rings. The van der Waals surface area contributed by atoms with Gasteiger partial charge in [0.15, 0.2) is 0 Å². The standard InChI is InChI=1S/C17H30NO4P/c1-15(2,3)21-23(19,22-16(4,5)6)20-13-17(7,18)14-11-9-8-10-12-14/h8-12H,13,18H2,1-7H3. The van der Waals surface area contributed by atoms with E-state index in [1.807, 2.05) is 37.3 Å². The van der Waals surface area contributed by atoms with Crippen molar-refractivity contribution in [1.29, 1.82) is 0 Å². The maximum absolute atomic E-state index is 13.0. The van der Waals surface area contributed by atoms with E-state index in [2.05, 4.69) is 0 Å². The molecule has 1 aromatic carbocycles. The molecule has 5 nitrogen and oxygen atoms in total. The average Bonchev–Trinajstić information content (AvgIpc) is 2.33. The second-order valence-electron chi connectivity index (χ2n) is 7.91. The van der Waals surface area contributed by atoms with Crippen LogP contribution < -0.4 is 5.73 Å². The molecule has 1 atom stereocenters. The highest BCUT2D eigenvalue weighted by atomic mass is 31.2. The van der Waals surface area contributed by atoms with E-state index in [0.29, 0.717) is 0 Å². The Balaban J connectivity index is 2.92. The van der Waals surface area contributed by atoms with E-state index in [1.165, 1.54) is 0 Å². The summed E-state index contributed by atoms with van der Waals surface area (Å²) in [5.41, 5.74) is 5.06. The molecule has 1 rings (SSSR count). The lowest BCUT2D eigenvalue weighted by molar-refractivity contribution is -0.00240. The maximum atomic E-state index is 13.0. The van der Waals surface area contributed by atoms with Crippen molar-refractivity contribution in [2.24, 2.45) is 5.73 Å². The van der Waals surface area contributed by atoms with Crippen LogP contribution in [0.25, 0.3) is 0 Å². The molecule has 2 N–H and O–H groups in total. The number of hydrogen-bond donors (Lipinski definition) is 1. The van der Waals surface area contributed by atoms with Crippen LogP contribution in [0.5, 0.6) is 0 Å². The predicted molar refractivity (Wildman–Crippen MR) is 93.2 cm³/mol. The molecule has 0 saturated carbocycles. The van der Waals surface area contributed by atoms with Crippen LogP contribution in [0.2, 0.25) is 0 Å². The van der Waals surface area contributed by atoms with Crippen LogP contribution in [0.15, 0.2) is 30.3 Å². The lowest BCUT2D eigenvalue weighted by Gasteiger charge is -2.33. The number of rotatable bonds is 6. The van der Waals surface area contributed by atoms with Gasteiger partial charge in [0, 0.05) is 0 Å². The van der Waals surface area contributed by atoms with Crippen LogP contribution in [0, 0.1) is 0 Å². The molecule has 6 heteroatoms. The minimum Gasteiger partial charge on any atom is -0.320 e. The van der Waals surface area contributed by atoms with Crippen molar-refractivity contribution in [3.8, 4) is 0 Å². The van der Waals surface area contributed by atoms with Crippen molar-refractivity contribution in [2.45, 2.75) is 65.2 Å². The molecule has 0 fully saturated rings. The van der Waals surface area contributed by atoms with E-state index in [1.54, 1.807) is 41.5 Å². The summed E-state index contributed by atoms with van der Waals surface area (Å²) in [5.74, 6) is 0. The van der Waals surface area contributed by atoms with E-state index in [0.717, 1.165) is 5.56 Å². The minimum absolute atomic E-state index is 0.0143. The SMILES string of the molecule is CC(C)(C)OP(=O)(OCC(C)(N)c1ccccc1)OC(C)(C)C. The lowest BCUT2D eigenvalue weighted by Crippen LogP contribution is -2.38. The Bertz CT molecular complexity index is 524. The molecular formula is C17H30NO4P. The Morgan fingerprint density at radius 3 is 1.74 bits per heavy atom. The molecule has 0 aliphatic heterocycles. The van der Waals surface area contributed by atoms with Crippen molar-refractivity contribution in [3.63, 3.8) is 0 Å². The van der Waals surface area contributed by atoms with Crippen molar-refractivity contribution in [2.75, 3.05) is 6.61 Å². The van der Waals surface area contributed by atoms with Gasteiger partial charge in [0.25, 0.3) is 0 Å². The van der Waals surface area contributed by atoms with E-state index < -0.39 is 24.6 Å². The van der Waals surface area contributed by atoms with Gasteiger partial charge in [-0.15, -0.1) is 0 Å². The molecule has 0 aromatic heterocycles. The Labute approximate surface area is 140 Å². The van der Waals surface area contributed by atoms with Crippen LogP contribution >= 0.6 is 7.82 Å². The second-order valence-corrected chi connectivity index (χ2v) is 9.43. The van der Waals surface area contributed by atoms with Crippen LogP contribution in [-0.4, -0.2) is 17.8 Å². The van der Waals surface area contributed by atoms with Gasteiger partial charge in [-0.05, 0) is 54.0 Å². The first-order valence-electron chi connectivity index (χ1n) is 7.73. The molecule has 0 aliphatic carbocycles. The quantitative estimate of drug-likeness (QED) is 0.763. The van der Waals surface area contributed by atoms with Crippen LogP contribution in [0.1, 0.15) is 54.0 Å². The summed E-state index contributed by atoms with van der Waals surface area (Å²) in [4.78, 5) is 0. The topological polar surface area (TPSA) is 70.8 Å². The summed E-state index contributed by atoms with van der Waals surface area (Å²) in [6.07, 6.45) is 0. The summed E-state index contributed by atoms with van der Waals surface area (Å²) in [6.45, 7) is 12.6. The number of phosphoric acid groups is 1. The molecule has 0 bridgehead atoms. The molecule has 1 unspecified atom stereocenters. The highest BCUT2D eigenvalue weighted by Crippen LogP contribution is 2.55. The molecule has 0 spiro atoms. The zero-order chi connectivity index (χ0) is 17.9. The zero-order valence-corrected chi connectivity index (χ0v) is 16.1. The van der Waals surface area contributed by atoms with Crippen molar-refractivity contribution < 1.29 is 18.1 Å². The van der Waals surface area contributed by atoms with Crippen molar-refractivity contribution in [3.05, 3.63) is 35.9 Å². The monoisotopic (exact) mass is 343 g/mol. The fourth-order valence-corrected chi connectivity index (χ4v) is 3.77. The molecular weight excluding hydrogens is 313 g/mol. The highest BCUT2D eigenvalue weighted by Gasteiger charge is 2.39. The van der Waals surface area contributed by atoms with Gasteiger partial charge < -0.3 is 5.73 Å². The first kappa shape index (κ1) is 20.3. The third-order valence-electron chi connectivity index (χ3n) is 2.73. The van der Waals surface area contributed by atoms with Gasteiger partial charge in [0.05, 0.1) is 23.3 Å². The van der Waals surface area contributed by atoms with Gasteiger partial charge in [0.1, 0.15) is 0 Å². The third kappa shape index (κ3) is 7.60.